The molecule has 1 aromatic carbocycles. The van der Waals surface area contributed by atoms with E-state index in [1.807, 2.05) is 7.05 Å². The van der Waals surface area contributed by atoms with E-state index in [0.717, 1.165) is 5.92 Å². The zero-order valence-electron chi connectivity index (χ0n) is 11.9. The van der Waals surface area contributed by atoms with Crippen LogP contribution in [0.1, 0.15) is 47.2 Å². The highest BCUT2D eigenvalue weighted by molar-refractivity contribution is 5.98. The molecule has 0 saturated heterocycles. The van der Waals surface area contributed by atoms with Crippen molar-refractivity contribution in [1.82, 2.24) is 9.78 Å². The third kappa shape index (κ3) is 2.59. The molecule has 1 N–H and O–H groups in total. The molecule has 0 amide bonds. The highest BCUT2D eigenvalue weighted by Crippen LogP contribution is 2.41. The van der Waals surface area contributed by atoms with Crippen molar-refractivity contribution in [1.29, 1.82) is 0 Å². The standard InChI is InChI=1S/C16H19N3O/c1-11(20)15-10-19(2)18-16(15)17-9-13-5-3-4-6-14(13)12-7-8-12/h3-6,10,12H,7-9H2,1-2H3,(H,17,18). The quantitative estimate of drug-likeness (QED) is 0.848. The lowest BCUT2D eigenvalue weighted by Gasteiger charge is -2.10. The number of aromatic nitrogens is 2. The summed E-state index contributed by atoms with van der Waals surface area (Å²) in [5, 5.41) is 7.62. The van der Waals surface area contributed by atoms with Crippen LogP contribution in [0.4, 0.5) is 5.82 Å². The minimum absolute atomic E-state index is 0.0380. The fraction of sp³-hybridized carbons (Fsp3) is 0.375. The van der Waals surface area contributed by atoms with Gasteiger partial charge in [0.25, 0.3) is 0 Å². The first-order valence-corrected chi connectivity index (χ1v) is 7.01. The average Bonchev–Trinajstić information content (AvgIpc) is 3.20. The van der Waals surface area contributed by atoms with Gasteiger partial charge in [0.05, 0.1) is 5.56 Å². The van der Waals surface area contributed by atoms with E-state index >= 15 is 0 Å². The maximum Gasteiger partial charge on any atom is 0.165 e. The van der Waals surface area contributed by atoms with Gasteiger partial charge in [-0.2, -0.15) is 5.10 Å². The molecule has 3 rings (SSSR count). The number of nitrogens with zero attached hydrogens (tertiary/aromatic N) is 2. The smallest absolute Gasteiger partial charge is 0.165 e. The van der Waals surface area contributed by atoms with E-state index in [0.29, 0.717) is 17.9 Å². The third-order valence-corrected chi connectivity index (χ3v) is 3.73. The van der Waals surface area contributed by atoms with E-state index in [1.165, 1.54) is 24.0 Å². The average molecular weight is 269 g/mol. The van der Waals surface area contributed by atoms with Gasteiger partial charge in [-0.1, -0.05) is 24.3 Å². The second kappa shape index (κ2) is 5.12. The molecule has 4 nitrogen and oxygen atoms in total. The Bertz CT molecular complexity index is 641. The van der Waals surface area contributed by atoms with Crippen LogP contribution in [0.15, 0.2) is 30.5 Å². The molecular formula is C16H19N3O. The van der Waals surface area contributed by atoms with E-state index in [9.17, 15) is 4.79 Å². The lowest BCUT2D eigenvalue weighted by Crippen LogP contribution is -2.06. The van der Waals surface area contributed by atoms with Gasteiger partial charge in [0.2, 0.25) is 0 Å². The number of nitrogens with one attached hydrogen (secondary N) is 1. The van der Waals surface area contributed by atoms with Crippen molar-refractivity contribution in [3.8, 4) is 0 Å². The fourth-order valence-corrected chi connectivity index (χ4v) is 2.54. The first-order valence-electron chi connectivity index (χ1n) is 7.01. The van der Waals surface area contributed by atoms with Crippen LogP contribution in [-0.4, -0.2) is 15.6 Å². The first-order chi connectivity index (χ1) is 9.65. The Hall–Kier alpha value is -2.10. The molecule has 0 atom stereocenters. The third-order valence-electron chi connectivity index (χ3n) is 3.73. The molecule has 0 spiro atoms. The van der Waals surface area contributed by atoms with Crippen LogP contribution >= 0.6 is 0 Å². The molecule has 1 heterocycles. The van der Waals surface area contributed by atoms with Crippen LogP contribution < -0.4 is 5.32 Å². The summed E-state index contributed by atoms with van der Waals surface area (Å²) in [5.41, 5.74) is 3.38. The SMILES string of the molecule is CC(=O)c1cn(C)nc1NCc1ccccc1C1CC1. The van der Waals surface area contributed by atoms with Crippen LogP contribution in [0.5, 0.6) is 0 Å². The van der Waals surface area contributed by atoms with E-state index in [4.69, 9.17) is 0 Å². The molecular weight excluding hydrogens is 250 g/mol. The predicted octanol–water partition coefficient (Wildman–Crippen LogP) is 3.11. The molecule has 20 heavy (non-hydrogen) atoms. The summed E-state index contributed by atoms with van der Waals surface area (Å²) in [6.45, 7) is 2.28. The van der Waals surface area contributed by atoms with Gasteiger partial charge in [0.15, 0.2) is 11.6 Å². The molecule has 1 aliphatic carbocycles. The lowest BCUT2D eigenvalue weighted by atomic mass is 10.0. The van der Waals surface area contributed by atoms with Gasteiger partial charge in [0, 0.05) is 19.8 Å². The zero-order valence-corrected chi connectivity index (χ0v) is 11.9. The van der Waals surface area contributed by atoms with E-state index in [-0.39, 0.29) is 5.78 Å². The number of anilines is 1. The Morgan fingerprint density at radius 1 is 1.40 bits per heavy atom. The zero-order chi connectivity index (χ0) is 14.1. The second-order valence-corrected chi connectivity index (χ2v) is 5.45. The number of ketones is 1. The largest absolute Gasteiger partial charge is 0.364 e. The Kier molecular flexibility index (Phi) is 3.30. The van der Waals surface area contributed by atoms with Crippen LogP contribution in [0, 0.1) is 0 Å². The van der Waals surface area contributed by atoms with Gasteiger partial charge in [-0.15, -0.1) is 0 Å². The molecule has 0 aliphatic heterocycles. The van der Waals surface area contributed by atoms with Gasteiger partial charge in [-0.25, -0.2) is 0 Å². The Labute approximate surface area is 118 Å². The molecule has 0 radical (unpaired) electrons. The summed E-state index contributed by atoms with van der Waals surface area (Å²) in [7, 11) is 1.83. The molecule has 1 saturated carbocycles. The minimum Gasteiger partial charge on any atom is -0.364 e. The van der Waals surface area contributed by atoms with Crippen molar-refractivity contribution in [2.45, 2.75) is 32.2 Å². The van der Waals surface area contributed by atoms with Crippen molar-refractivity contribution in [3.63, 3.8) is 0 Å². The maximum atomic E-state index is 11.6. The molecule has 4 heteroatoms. The number of benzene rings is 1. The molecule has 2 aromatic rings. The van der Waals surface area contributed by atoms with Crippen LogP contribution in [0.2, 0.25) is 0 Å². The summed E-state index contributed by atoms with van der Waals surface area (Å²) in [6, 6.07) is 8.52. The molecule has 104 valence electrons. The summed E-state index contributed by atoms with van der Waals surface area (Å²) in [6.07, 6.45) is 4.34. The van der Waals surface area contributed by atoms with Crippen molar-refractivity contribution in [3.05, 3.63) is 47.2 Å². The van der Waals surface area contributed by atoms with Gasteiger partial charge >= 0.3 is 0 Å². The second-order valence-electron chi connectivity index (χ2n) is 5.45. The molecule has 0 bridgehead atoms. The van der Waals surface area contributed by atoms with Gasteiger partial charge < -0.3 is 5.32 Å². The Balaban J connectivity index is 1.78. The number of carbonyl (C=O) groups excluding carboxylic acids is 1. The van der Waals surface area contributed by atoms with Gasteiger partial charge in [-0.05, 0) is 36.8 Å². The Morgan fingerprint density at radius 2 is 2.15 bits per heavy atom. The predicted molar refractivity (Wildman–Crippen MR) is 79.0 cm³/mol. The van der Waals surface area contributed by atoms with Crippen molar-refractivity contribution >= 4 is 11.6 Å². The summed E-state index contributed by atoms with van der Waals surface area (Å²) in [4.78, 5) is 11.6. The highest BCUT2D eigenvalue weighted by atomic mass is 16.1. The summed E-state index contributed by atoms with van der Waals surface area (Å²) >= 11 is 0. The minimum atomic E-state index is 0.0380. The molecule has 1 fully saturated rings. The normalized spacial score (nSPS) is 14.3. The molecule has 0 unspecified atom stereocenters. The fourth-order valence-electron chi connectivity index (χ4n) is 2.54. The monoisotopic (exact) mass is 269 g/mol. The summed E-state index contributed by atoms with van der Waals surface area (Å²) < 4.78 is 1.67. The molecule has 1 aromatic heterocycles. The first kappa shape index (κ1) is 12.9. The van der Waals surface area contributed by atoms with Gasteiger partial charge in [0.1, 0.15) is 0 Å². The van der Waals surface area contributed by atoms with E-state index < -0.39 is 0 Å². The number of rotatable bonds is 5. The number of carbonyl (C=O) groups is 1. The maximum absolute atomic E-state index is 11.6. The Morgan fingerprint density at radius 3 is 2.85 bits per heavy atom. The highest BCUT2D eigenvalue weighted by Gasteiger charge is 2.25. The van der Waals surface area contributed by atoms with Gasteiger partial charge in [-0.3, -0.25) is 9.48 Å². The number of hydrogen-bond acceptors (Lipinski definition) is 3. The number of Topliss-reactive ketones (excluding diaryl/α,β-unsaturated/α-hetero) is 1. The van der Waals surface area contributed by atoms with Crippen LogP contribution in [0.25, 0.3) is 0 Å². The van der Waals surface area contributed by atoms with Crippen LogP contribution in [0.3, 0.4) is 0 Å². The van der Waals surface area contributed by atoms with E-state index in [2.05, 4.69) is 34.7 Å². The molecule has 1 aliphatic rings. The summed E-state index contributed by atoms with van der Waals surface area (Å²) in [5.74, 6) is 1.44. The number of aryl methyl sites for hydroxylation is 1. The van der Waals surface area contributed by atoms with Crippen molar-refractivity contribution in [2.75, 3.05) is 5.32 Å². The van der Waals surface area contributed by atoms with Crippen molar-refractivity contribution in [2.24, 2.45) is 7.05 Å². The van der Waals surface area contributed by atoms with E-state index in [1.54, 1.807) is 17.8 Å². The lowest BCUT2D eigenvalue weighted by molar-refractivity contribution is 0.101. The van der Waals surface area contributed by atoms with Crippen molar-refractivity contribution < 1.29 is 4.79 Å². The topological polar surface area (TPSA) is 46.9 Å². The van der Waals surface area contributed by atoms with Crippen LogP contribution in [-0.2, 0) is 13.6 Å². The number of hydrogen-bond donors (Lipinski definition) is 1.